The number of nitrogens with two attached hydrogens (primary N) is 1. The van der Waals surface area contributed by atoms with Crippen molar-refractivity contribution in [2.75, 3.05) is 14.2 Å². The molecular weight excluding hydrogens is 226 g/mol. The molecule has 0 bridgehead atoms. The van der Waals surface area contributed by atoms with Gasteiger partial charge >= 0.3 is 0 Å². The van der Waals surface area contributed by atoms with Gasteiger partial charge in [0.15, 0.2) is 0 Å². The first kappa shape index (κ1) is 13.2. The highest BCUT2D eigenvalue weighted by molar-refractivity contribution is 5.52. The van der Waals surface area contributed by atoms with Crippen LogP contribution in [0.15, 0.2) is 12.1 Å². The van der Waals surface area contributed by atoms with Crippen molar-refractivity contribution in [2.45, 2.75) is 44.6 Å². The molecule has 1 aromatic rings. The molecule has 2 N–H and O–H groups in total. The van der Waals surface area contributed by atoms with Crippen LogP contribution in [0.25, 0.3) is 0 Å². The molecule has 0 aliphatic heterocycles. The first-order valence-electron chi connectivity index (χ1n) is 6.60. The predicted octanol–water partition coefficient (Wildman–Crippen LogP) is 2.65. The summed E-state index contributed by atoms with van der Waals surface area (Å²) in [5.74, 6) is 1.77. The van der Waals surface area contributed by atoms with E-state index in [9.17, 15) is 0 Å². The Morgan fingerprint density at radius 1 is 1.28 bits per heavy atom. The molecule has 1 saturated carbocycles. The number of ether oxygens (including phenoxy) is 2. The van der Waals surface area contributed by atoms with Gasteiger partial charge in [-0.1, -0.05) is 6.92 Å². The zero-order valence-electron chi connectivity index (χ0n) is 11.7. The monoisotopic (exact) mass is 249 g/mol. The van der Waals surface area contributed by atoms with E-state index >= 15 is 0 Å². The Kier molecular flexibility index (Phi) is 3.53. The molecule has 1 aromatic carbocycles. The molecule has 1 aliphatic rings. The summed E-state index contributed by atoms with van der Waals surface area (Å²) in [4.78, 5) is 0. The Hall–Kier alpha value is -1.22. The van der Waals surface area contributed by atoms with Crippen molar-refractivity contribution in [1.29, 1.82) is 0 Å². The second-order valence-corrected chi connectivity index (χ2v) is 5.15. The van der Waals surface area contributed by atoms with Crippen LogP contribution >= 0.6 is 0 Å². The minimum absolute atomic E-state index is 0.132. The summed E-state index contributed by atoms with van der Waals surface area (Å²) in [6.07, 6.45) is 3.28. The van der Waals surface area contributed by atoms with Gasteiger partial charge in [0.25, 0.3) is 0 Å². The van der Waals surface area contributed by atoms with Crippen LogP contribution in [0.3, 0.4) is 0 Å². The van der Waals surface area contributed by atoms with Gasteiger partial charge in [-0.05, 0) is 43.4 Å². The zero-order valence-corrected chi connectivity index (χ0v) is 11.7. The van der Waals surface area contributed by atoms with Gasteiger partial charge in [0.05, 0.1) is 14.2 Å². The lowest BCUT2D eigenvalue weighted by atomic mass is 9.84. The maximum atomic E-state index is 6.19. The highest BCUT2D eigenvalue weighted by Crippen LogP contribution is 2.53. The van der Waals surface area contributed by atoms with Gasteiger partial charge in [0.2, 0.25) is 0 Å². The number of benzene rings is 1. The predicted molar refractivity (Wildman–Crippen MR) is 73.5 cm³/mol. The molecule has 0 saturated heterocycles. The molecule has 0 amide bonds. The Labute approximate surface area is 109 Å². The van der Waals surface area contributed by atoms with Gasteiger partial charge in [-0.15, -0.1) is 0 Å². The van der Waals surface area contributed by atoms with Gasteiger partial charge in [-0.3, -0.25) is 0 Å². The smallest absolute Gasteiger partial charge is 0.126 e. The summed E-state index contributed by atoms with van der Waals surface area (Å²) in [5.41, 5.74) is 8.91. The molecule has 1 aliphatic carbocycles. The van der Waals surface area contributed by atoms with Crippen molar-refractivity contribution in [1.82, 2.24) is 0 Å². The van der Waals surface area contributed by atoms with Gasteiger partial charge < -0.3 is 15.2 Å². The summed E-state index contributed by atoms with van der Waals surface area (Å²) in [6, 6.07) is 4.26. The molecule has 1 unspecified atom stereocenters. The molecule has 3 nitrogen and oxygen atoms in total. The van der Waals surface area contributed by atoms with E-state index in [-0.39, 0.29) is 11.5 Å². The summed E-state index contributed by atoms with van der Waals surface area (Å²) >= 11 is 0. The number of methoxy groups -OCH3 is 2. The van der Waals surface area contributed by atoms with Crippen LogP contribution in [-0.4, -0.2) is 20.3 Å². The van der Waals surface area contributed by atoms with Crippen molar-refractivity contribution in [3.05, 3.63) is 23.3 Å². The highest BCUT2D eigenvalue weighted by atomic mass is 16.5. The van der Waals surface area contributed by atoms with Crippen molar-refractivity contribution in [2.24, 2.45) is 5.73 Å². The van der Waals surface area contributed by atoms with Gasteiger partial charge in [-0.2, -0.15) is 0 Å². The lowest BCUT2D eigenvalue weighted by Crippen LogP contribution is -2.32. The largest absolute Gasteiger partial charge is 0.497 e. The molecule has 2 rings (SSSR count). The molecule has 0 radical (unpaired) electrons. The second-order valence-electron chi connectivity index (χ2n) is 5.15. The number of hydrogen-bond donors (Lipinski definition) is 1. The summed E-state index contributed by atoms with van der Waals surface area (Å²) in [7, 11) is 3.40. The fourth-order valence-electron chi connectivity index (χ4n) is 2.83. The minimum Gasteiger partial charge on any atom is -0.497 e. The third-order valence-electron chi connectivity index (χ3n) is 4.19. The van der Waals surface area contributed by atoms with Crippen molar-refractivity contribution < 1.29 is 9.47 Å². The van der Waals surface area contributed by atoms with Gasteiger partial charge in [0, 0.05) is 17.5 Å². The third kappa shape index (κ3) is 1.97. The van der Waals surface area contributed by atoms with Crippen LogP contribution in [0.1, 0.15) is 37.8 Å². The van der Waals surface area contributed by atoms with E-state index in [1.54, 1.807) is 14.2 Å². The Morgan fingerprint density at radius 3 is 2.33 bits per heavy atom. The van der Waals surface area contributed by atoms with E-state index in [4.69, 9.17) is 15.2 Å². The first-order valence-corrected chi connectivity index (χ1v) is 6.60. The van der Waals surface area contributed by atoms with E-state index in [1.165, 1.54) is 11.1 Å². The van der Waals surface area contributed by atoms with Crippen molar-refractivity contribution >= 4 is 0 Å². The van der Waals surface area contributed by atoms with E-state index < -0.39 is 0 Å². The molecule has 18 heavy (non-hydrogen) atoms. The second kappa shape index (κ2) is 4.81. The standard InChI is InChI=1S/C15H23NO2/c1-5-12-13(15(6-7-15)10(2)16)8-11(17-3)9-14(12)18-4/h8-10H,5-7,16H2,1-4H3. The fourth-order valence-corrected chi connectivity index (χ4v) is 2.83. The van der Waals surface area contributed by atoms with Gasteiger partial charge in [-0.25, -0.2) is 0 Å². The van der Waals surface area contributed by atoms with Crippen LogP contribution in [0, 0.1) is 0 Å². The Balaban J connectivity index is 2.57. The Morgan fingerprint density at radius 2 is 1.94 bits per heavy atom. The highest BCUT2D eigenvalue weighted by Gasteiger charge is 2.49. The normalized spacial score (nSPS) is 18.3. The Bertz CT molecular complexity index is 436. The maximum Gasteiger partial charge on any atom is 0.126 e. The fraction of sp³-hybridized carbons (Fsp3) is 0.600. The molecular formula is C15H23NO2. The van der Waals surface area contributed by atoms with Crippen LogP contribution in [0.2, 0.25) is 0 Å². The molecule has 100 valence electrons. The molecule has 1 fully saturated rings. The summed E-state index contributed by atoms with van der Waals surface area (Å²) in [5, 5.41) is 0. The van der Waals surface area contributed by atoms with Crippen LogP contribution in [0.4, 0.5) is 0 Å². The lowest BCUT2D eigenvalue weighted by Gasteiger charge is -2.25. The topological polar surface area (TPSA) is 44.5 Å². The lowest BCUT2D eigenvalue weighted by molar-refractivity contribution is 0.387. The SMILES string of the molecule is CCc1c(OC)cc(OC)cc1C1(C(C)N)CC1. The van der Waals surface area contributed by atoms with E-state index in [0.717, 1.165) is 30.8 Å². The van der Waals surface area contributed by atoms with Crippen LogP contribution < -0.4 is 15.2 Å². The quantitative estimate of drug-likeness (QED) is 0.872. The molecule has 1 atom stereocenters. The maximum absolute atomic E-state index is 6.19. The molecule has 0 heterocycles. The zero-order chi connectivity index (χ0) is 13.3. The third-order valence-corrected chi connectivity index (χ3v) is 4.19. The average molecular weight is 249 g/mol. The van der Waals surface area contributed by atoms with E-state index in [1.807, 2.05) is 6.07 Å². The number of rotatable bonds is 5. The van der Waals surface area contributed by atoms with E-state index in [2.05, 4.69) is 19.9 Å². The average Bonchev–Trinajstić information content (AvgIpc) is 3.18. The van der Waals surface area contributed by atoms with Gasteiger partial charge in [0.1, 0.15) is 11.5 Å². The minimum atomic E-state index is 0.132. The summed E-state index contributed by atoms with van der Waals surface area (Å²) < 4.78 is 10.9. The van der Waals surface area contributed by atoms with Crippen molar-refractivity contribution in [3.8, 4) is 11.5 Å². The number of hydrogen-bond acceptors (Lipinski definition) is 3. The molecule has 0 aromatic heterocycles. The first-order chi connectivity index (χ1) is 8.58. The molecule has 0 spiro atoms. The van der Waals surface area contributed by atoms with Crippen LogP contribution in [-0.2, 0) is 11.8 Å². The molecule has 3 heteroatoms. The summed E-state index contributed by atoms with van der Waals surface area (Å²) in [6.45, 7) is 4.25. The van der Waals surface area contributed by atoms with Crippen molar-refractivity contribution in [3.63, 3.8) is 0 Å². The van der Waals surface area contributed by atoms with E-state index in [0.29, 0.717) is 0 Å². The van der Waals surface area contributed by atoms with Crippen LogP contribution in [0.5, 0.6) is 11.5 Å².